The molecule has 1 unspecified atom stereocenters. The molecule has 0 aliphatic carbocycles. The van der Waals surface area contributed by atoms with E-state index < -0.39 is 11.3 Å². The van der Waals surface area contributed by atoms with Crippen LogP contribution in [0.2, 0.25) is 0 Å². The van der Waals surface area contributed by atoms with Gasteiger partial charge < -0.3 is 19.3 Å². The molecule has 0 spiro atoms. The third-order valence-electron chi connectivity index (χ3n) is 1.99. The summed E-state index contributed by atoms with van der Waals surface area (Å²) in [5.41, 5.74) is 0. The molecule has 0 saturated heterocycles. The zero-order valence-corrected chi connectivity index (χ0v) is 10.2. The number of alkyl halides is 1. The van der Waals surface area contributed by atoms with Crippen LogP contribution >= 0.6 is 11.6 Å². The Morgan fingerprint density at radius 2 is 1.71 bits per heavy atom. The maximum atomic E-state index is 10.5. The molecule has 0 amide bonds. The Bertz CT molecular complexity index is 371. The van der Waals surface area contributed by atoms with Crippen LogP contribution in [0.25, 0.3) is 0 Å². The molecule has 0 saturated carbocycles. The summed E-state index contributed by atoms with van der Waals surface area (Å²) in [4.78, 5) is 10.5. The van der Waals surface area contributed by atoms with Crippen molar-refractivity contribution in [3.63, 3.8) is 0 Å². The lowest BCUT2D eigenvalue weighted by atomic mass is 10.3. The lowest BCUT2D eigenvalue weighted by Gasteiger charge is -2.11. The van der Waals surface area contributed by atoms with Crippen molar-refractivity contribution in [1.82, 2.24) is 0 Å². The van der Waals surface area contributed by atoms with Crippen molar-refractivity contribution >= 4 is 17.6 Å². The average Bonchev–Trinajstić information content (AvgIpc) is 2.35. The van der Waals surface area contributed by atoms with Crippen LogP contribution in [-0.4, -0.2) is 37.3 Å². The number of methoxy groups -OCH3 is 2. The van der Waals surface area contributed by atoms with Gasteiger partial charge in [-0.1, -0.05) is 0 Å². The molecule has 1 rings (SSSR count). The number of aliphatic carboxylic acids is 1. The van der Waals surface area contributed by atoms with E-state index in [0.29, 0.717) is 17.2 Å². The van der Waals surface area contributed by atoms with Gasteiger partial charge >= 0.3 is 5.97 Å². The van der Waals surface area contributed by atoms with Gasteiger partial charge in [0.2, 0.25) is 0 Å². The van der Waals surface area contributed by atoms with Gasteiger partial charge in [-0.05, 0) is 0 Å². The molecule has 17 heavy (non-hydrogen) atoms. The van der Waals surface area contributed by atoms with Crippen molar-refractivity contribution in [2.75, 3.05) is 20.8 Å². The van der Waals surface area contributed by atoms with Gasteiger partial charge in [-0.2, -0.15) is 0 Å². The Morgan fingerprint density at radius 3 is 2.12 bits per heavy atom. The lowest BCUT2D eigenvalue weighted by molar-refractivity contribution is -0.137. The monoisotopic (exact) mass is 260 g/mol. The van der Waals surface area contributed by atoms with E-state index in [4.69, 9.17) is 30.9 Å². The predicted octanol–water partition coefficient (Wildman–Crippen LogP) is 1.77. The zero-order chi connectivity index (χ0) is 12.8. The quantitative estimate of drug-likeness (QED) is 0.790. The van der Waals surface area contributed by atoms with Gasteiger partial charge in [-0.15, -0.1) is 11.6 Å². The van der Waals surface area contributed by atoms with Crippen molar-refractivity contribution in [3.8, 4) is 17.2 Å². The third kappa shape index (κ3) is 4.03. The molecule has 0 aliphatic heterocycles. The summed E-state index contributed by atoms with van der Waals surface area (Å²) in [5, 5.41) is 7.51. The van der Waals surface area contributed by atoms with E-state index in [1.807, 2.05) is 0 Å². The third-order valence-corrected chi connectivity index (χ3v) is 2.30. The molecule has 5 nitrogen and oxygen atoms in total. The van der Waals surface area contributed by atoms with E-state index >= 15 is 0 Å². The van der Waals surface area contributed by atoms with Gasteiger partial charge in [0.15, 0.2) is 5.38 Å². The minimum absolute atomic E-state index is 0.132. The second-order valence-electron chi connectivity index (χ2n) is 3.17. The first-order chi connectivity index (χ1) is 8.06. The highest BCUT2D eigenvalue weighted by Crippen LogP contribution is 2.27. The van der Waals surface area contributed by atoms with Crippen molar-refractivity contribution in [2.45, 2.75) is 5.38 Å². The van der Waals surface area contributed by atoms with Gasteiger partial charge in [0, 0.05) is 18.2 Å². The number of rotatable bonds is 6. The molecule has 0 fully saturated rings. The summed E-state index contributed by atoms with van der Waals surface area (Å²) in [6.07, 6.45) is 0. The summed E-state index contributed by atoms with van der Waals surface area (Å²) in [6.45, 7) is -0.132. The molecule has 0 bridgehead atoms. The molecule has 1 atom stereocenters. The topological polar surface area (TPSA) is 65.0 Å². The van der Waals surface area contributed by atoms with Crippen LogP contribution in [0.3, 0.4) is 0 Å². The van der Waals surface area contributed by atoms with Crippen LogP contribution in [0.4, 0.5) is 0 Å². The van der Waals surface area contributed by atoms with E-state index in [2.05, 4.69) is 0 Å². The summed E-state index contributed by atoms with van der Waals surface area (Å²) in [7, 11) is 3.03. The standard InChI is InChI=1S/C11H13ClO5/c1-15-7-3-8(16-2)5-9(4-7)17-6-10(12)11(13)14/h3-5,10H,6H2,1-2H3,(H,13,14). The minimum Gasteiger partial charge on any atom is -0.496 e. The normalized spacial score (nSPS) is 11.7. The van der Waals surface area contributed by atoms with E-state index in [1.165, 1.54) is 14.2 Å². The zero-order valence-electron chi connectivity index (χ0n) is 9.47. The second kappa shape index (κ2) is 6.20. The Kier molecular flexibility index (Phi) is 4.90. The molecule has 0 heterocycles. The van der Waals surface area contributed by atoms with Crippen LogP contribution in [0.1, 0.15) is 0 Å². The summed E-state index contributed by atoms with van der Waals surface area (Å²) in [5.74, 6) is 0.427. The number of carboxylic acids is 1. The molecule has 1 aromatic carbocycles. The average molecular weight is 261 g/mol. The van der Waals surface area contributed by atoms with Crippen molar-refractivity contribution in [2.24, 2.45) is 0 Å². The Labute approximate surface area is 104 Å². The molecule has 6 heteroatoms. The molecule has 0 radical (unpaired) electrons. The largest absolute Gasteiger partial charge is 0.496 e. The van der Waals surface area contributed by atoms with E-state index in [-0.39, 0.29) is 6.61 Å². The highest BCUT2D eigenvalue weighted by atomic mass is 35.5. The number of benzene rings is 1. The maximum absolute atomic E-state index is 10.5. The molecular weight excluding hydrogens is 248 g/mol. The number of hydrogen-bond donors (Lipinski definition) is 1. The highest BCUT2D eigenvalue weighted by molar-refractivity contribution is 6.29. The van der Waals surface area contributed by atoms with Crippen molar-refractivity contribution in [1.29, 1.82) is 0 Å². The van der Waals surface area contributed by atoms with Crippen LogP contribution in [0.5, 0.6) is 17.2 Å². The van der Waals surface area contributed by atoms with Crippen LogP contribution < -0.4 is 14.2 Å². The van der Waals surface area contributed by atoms with Crippen LogP contribution in [0, 0.1) is 0 Å². The Morgan fingerprint density at radius 1 is 1.24 bits per heavy atom. The first kappa shape index (κ1) is 13.4. The Hall–Kier alpha value is -1.62. The number of hydrogen-bond acceptors (Lipinski definition) is 4. The Balaban J connectivity index is 2.73. The van der Waals surface area contributed by atoms with E-state index in [0.717, 1.165) is 0 Å². The van der Waals surface area contributed by atoms with Gasteiger partial charge in [0.25, 0.3) is 0 Å². The molecule has 1 aromatic rings. The molecule has 0 aliphatic rings. The maximum Gasteiger partial charge on any atom is 0.325 e. The molecular formula is C11H13ClO5. The first-order valence-corrected chi connectivity index (χ1v) is 5.23. The first-order valence-electron chi connectivity index (χ1n) is 4.79. The minimum atomic E-state index is -1.12. The summed E-state index contributed by atoms with van der Waals surface area (Å²) < 4.78 is 15.3. The summed E-state index contributed by atoms with van der Waals surface area (Å²) >= 11 is 5.53. The van der Waals surface area contributed by atoms with Gasteiger partial charge in [0.05, 0.1) is 14.2 Å². The van der Waals surface area contributed by atoms with Crippen molar-refractivity contribution in [3.05, 3.63) is 18.2 Å². The lowest BCUT2D eigenvalue weighted by Crippen LogP contribution is -2.21. The number of carbonyl (C=O) groups is 1. The predicted molar refractivity (Wildman–Crippen MR) is 62.3 cm³/mol. The van der Waals surface area contributed by atoms with Crippen molar-refractivity contribution < 1.29 is 24.1 Å². The second-order valence-corrected chi connectivity index (χ2v) is 3.69. The SMILES string of the molecule is COc1cc(OC)cc(OCC(Cl)C(=O)O)c1. The molecule has 0 aromatic heterocycles. The van der Waals surface area contributed by atoms with Gasteiger partial charge in [0.1, 0.15) is 23.9 Å². The number of ether oxygens (including phenoxy) is 3. The van der Waals surface area contributed by atoms with Crippen LogP contribution in [-0.2, 0) is 4.79 Å². The fourth-order valence-electron chi connectivity index (χ4n) is 1.11. The van der Waals surface area contributed by atoms with E-state index in [9.17, 15) is 4.79 Å². The fraction of sp³-hybridized carbons (Fsp3) is 0.364. The van der Waals surface area contributed by atoms with Gasteiger partial charge in [-0.25, -0.2) is 0 Å². The number of halogens is 1. The van der Waals surface area contributed by atoms with Gasteiger partial charge in [-0.3, -0.25) is 4.79 Å². The van der Waals surface area contributed by atoms with Crippen LogP contribution in [0.15, 0.2) is 18.2 Å². The summed E-state index contributed by atoms with van der Waals surface area (Å²) in [6, 6.07) is 4.92. The highest BCUT2D eigenvalue weighted by Gasteiger charge is 2.14. The molecule has 94 valence electrons. The van der Waals surface area contributed by atoms with E-state index in [1.54, 1.807) is 18.2 Å². The smallest absolute Gasteiger partial charge is 0.325 e. The fourth-order valence-corrected chi connectivity index (χ4v) is 1.17. The molecule has 1 N–H and O–H groups in total. The number of carboxylic acid groups (broad SMARTS) is 1.